The van der Waals surface area contributed by atoms with Crippen molar-refractivity contribution in [3.8, 4) is 0 Å². The Labute approximate surface area is 168 Å². The first-order valence-corrected chi connectivity index (χ1v) is 10.5. The summed E-state index contributed by atoms with van der Waals surface area (Å²) in [4.78, 5) is 21.5. The molecule has 4 rings (SSSR count). The summed E-state index contributed by atoms with van der Waals surface area (Å²) in [6, 6.07) is 0.274. The lowest BCUT2D eigenvalue weighted by Gasteiger charge is -2.36. The van der Waals surface area contributed by atoms with Crippen LogP contribution < -0.4 is 11.4 Å². The lowest BCUT2D eigenvalue weighted by atomic mass is 9.73. The first-order chi connectivity index (χ1) is 13.5. The van der Waals surface area contributed by atoms with Gasteiger partial charge < -0.3 is 10.8 Å². The molecular weight excluding hydrogens is 372 g/mol. The first kappa shape index (κ1) is 19.0. The number of nitrogens with two attached hydrogens (primary N) is 1. The summed E-state index contributed by atoms with van der Waals surface area (Å²) in [5.41, 5.74) is 1.87. The molecule has 7 nitrogen and oxygen atoms in total. The lowest BCUT2D eigenvalue weighted by molar-refractivity contribution is 0.299. The average Bonchev–Trinajstić information content (AvgIpc) is 3.06. The highest BCUT2D eigenvalue weighted by Crippen LogP contribution is 2.48. The molecule has 0 aromatic carbocycles. The van der Waals surface area contributed by atoms with Gasteiger partial charge in [-0.1, -0.05) is 30.5 Å². The third kappa shape index (κ3) is 3.41. The predicted octanol–water partition coefficient (Wildman–Crippen LogP) is 3.82. The van der Waals surface area contributed by atoms with Crippen molar-refractivity contribution < 1.29 is 0 Å². The summed E-state index contributed by atoms with van der Waals surface area (Å²) in [5.74, 6) is 6.50. The molecule has 8 heteroatoms. The third-order valence-electron chi connectivity index (χ3n) is 5.99. The molecule has 2 aromatic rings. The van der Waals surface area contributed by atoms with Crippen molar-refractivity contribution in [1.82, 2.24) is 19.7 Å². The molecule has 0 spiro atoms. The molecule has 2 aliphatic rings. The number of H-pyrrole nitrogens is 1. The van der Waals surface area contributed by atoms with E-state index in [2.05, 4.69) is 28.3 Å². The minimum absolute atomic E-state index is 0.116. The topological polar surface area (TPSA) is 102 Å². The number of allylic oxidation sites excluding steroid dienone is 2. The van der Waals surface area contributed by atoms with E-state index in [1.807, 2.05) is 11.6 Å². The fraction of sp³-hybridized carbons (Fsp3) is 0.500. The molecule has 28 heavy (non-hydrogen) atoms. The summed E-state index contributed by atoms with van der Waals surface area (Å²) >= 11 is 1.50. The zero-order valence-electron chi connectivity index (χ0n) is 16.1. The molecule has 0 unspecified atom stereocenters. The van der Waals surface area contributed by atoms with Gasteiger partial charge in [0.2, 0.25) is 0 Å². The van der Waals surface area contributed by atoms with Crippen molar-refractivity contribution in [3.05, 3.63) is 46.0 Å². The van der Waals surface area contributed by atoms with Crippen LogP contribution >= 0.6 is 11.8 Å². The van der Waals surface area contributed by atoms with Crippen LogP contribution in [0.3, 0.4) is 0 Å². The summed E-state index contributed by atoms with van der Waals surface area (Å²) < 4.78 is 1.95. The summed E-state index contributed by atoms with van der Waals surface area (Å²) in [5, 5.41) is 9.56. The molecule has 2 saturated carbocycles. The number of nitrogens with zero attached hydrogens (tertiary/aromatic N) is 4. The second-order valence-corrected chi connectivity index (χ2v) is 9.08. The molecule has 2 aromatic heterocycles. The van der Waals surface area contributed by atoms with Crippen LogP contribution in [0.15, 0.2) is 39.7 Å². The normalized spacial score (nSPS) is 23.8. The molecular formula is C20H26N6OS. The second kappa shape index (κ2) is 7.58. The van der Waals surface area contributed by atoms with Crippen LogP contribution in [0, 0.1) is 5.92 Å². The van der Waals surface area contributed by atoms with E-state index in [-0.39, 0.29) is 23.4 Å². The van der Waals surface area contributed by atoms with Gasteiger partial charge in [0, 0.05) is 5.92 Å². The molecule has 0 saturated heterocycles. The summed E-state index contributed by atoms with van der Waals surface area (Å²) in [6.07, 6.45) is 7.66. The largest absolute Gasteiger partial charge is 0.323 e. The van der Waals surface area contributed by atoms with E-state index in [1.54, 1.807) is 6.20 Å². The Morgan fingerprint density at radius 1 is 1.36 bits per heavy atom. The fourth-order valence-corrected chi connectivity index (χ4v) is 5.02. The molecule has 0 bridgehead atoms. The number of hydrazone groups is 1. The van der Waals surface area contributed by atoms with Crippen molar-refractivity contribution in [3.63, 3.8) is 0 Å². The minimum atomic E-state index is -0.116. The molecule has 148 valence electrons. The van der Waals surface area contributed by atoms with E-state index in [0.29, 0.717) is 11.0 Å². The highest BCUT2D eigenvalue weighted by Gasteiger charge is 2.37. The molecule has 0 aliphatic heterocycles. The van der Waals surface area contributed by atoms with Gasteiger partial charge in [-0.05, 0) is 56.3 Å². The highest BCUT2D eigenvalue weighted by molar-refractivity contribution is 8.17. The summed E-state index contributed by atoms with van der Waals surface area (Å²) in [7, 11) is 0. The number of hydrogen-bond donors (Lipinski definition) is 2. The van der Waals surface area contributed by atoms with Crippen molar-refractivity contribution in [2.45, 2.75) is 57.4 Å². The van der Waals surface area contributed by atoms with E-state index >= 15 is 0 Å². The van der Waals surface area contributed by atoms with E-state index in [4.69, 9.17) is 10.8 Å². The number of nitrogens with one attached hydrogen (secondary N) is 1. The van der Waals surface area contributed by atoms with Gasteiger partial charge >= 0.3 is 0 Å². The van der Waals surface area contributed by atoms with Crippen LogP contribution in [0.4, 0.5) is 0 Å². The smallest absolute Gasteiger partial charge is 0.262 e. The van der Waals surface area contributed by atoms with Gasteiger partial charge in [0.15, 0.2) is 5.65 Å². The average molecular weight is 399 g/mol. The number of fused-ring (bicyclic) bond motifs is 1. The Morgan fingerprint density at radius 3 is 2.75 bits per heavy atom. The van der Waals surface area contributed by atoms with Gasteiger partial charge in [0.25, 0.3) is 5.56 Å². The maximum Gasteiger partial charge on any atom is 0.262 e. The lowest BCUT2D eigenvalue weighted by Crippen LogP contribution is -2.29. The van der Waals surface area contributed by atoms with Crippen LogP contribution in [0.2, 0.25) is 0 Å². The first-order valence-electron chi connectivity index (χ1n) is 9.73. The molecule has 2 aliphatic carbocycles. The minimum Gasteiger partial charge on any atom is -0.323 e. The van der Waals surface area contributed by atoms with Gasteiger partial charge in [-0.2, -0.15) is 10.2 Å². The SMILES string of the molecule is C=C1CCC(n2ncc3c(=O)[nH]c([C@H]4CC[C@@H]4C(=C)S/C(C)=N\N)nc32)CC1. The van der Waals surface area contributed by atoms with E-state index in [0.717, 1.165) is 54.3 Å². The number of rotatable bonds is 4. The summed E-state index contributed by atoms with van der Waals surface area (Å²) in [6.45, 7) is 10.1. The van der Waals surface area contributed by atoms with Crippen LogP contribution in [0.5, 0.6) is 0 Å². The molecule has 0 radical (unpaired) electrons. The van der Waals surface area contributed by atoms with Crippen molar-refractivity contribution in [2.24, 2.45) is 16.9 Å². The second-order valence-electron chi connectivity index (χ2n) is 7.77. The molecule has 2 atom stereocenters. The van der Waals surface area contributed by atoms with Crippen LogP contribution in [0.25, 0.3) is 11.0 Å². The third-order valence-corrected chi connectivity index (χ3v) is 6.96. The quantitative estimate of drug-likeness (QED) is 0.268. The zero-order valence-corrected chi connectivity index (χ0v) is 17.0. The van der Waals surface area contributed by atoms with Gasteiger partial charge in [-0.25, -0.2) is 9.67 Å². The monoisotopic (exact) mass is 398 g/mol. The highest BCUT2D eigenvalue weighted by atomic mass is 32.2. The van der Waals surface area contributed by atoms with E-state index < -0.39 is 0 Å². The fourth-order valence-electron chi connectivity index (χ4n) is 4.16. The van der Waals surface area contributed by atoms with Crippen molar-refractivity contribution in [1.29, 1.82) is 0 Å². The van der Waals surface area contributed by atoms with Gasteiger partial charge in [-0.15, -0.1) is 0 Å². The van der Waals surface area contributed by atoms with Gasteiger partial charge in [-0.3, -0.25) is 4.79 Å². The maximum atomic E-state index is 12.7. The Balaban J connectivity index is 1.63. The number of hydrogen-bond acceptors (Lipinski definition) is 6. The number of thioether (sulfide) groups is 1. The molecule has 2 fully saturated rings. The van der Waals surface area contributed by atoms with E-state index in [1.165, 1.54) is 17.3 Å². The molecule has 0 amide bonds. The zero-order chi connectivity index (χ0) is 19.8. The maximum absolute atomic E-state index is 12.7. The Bertz CT molecular complexity index is 1010. The van der Waals surface area contributed by atoms with Gasteiger partial charge in [0.1, 0.15) is 11.2 Å². The van der Waals surface area contributed by atoms with Crippen LogP contribution in [-0.2, 0) is 0 Å². The Kier molecular flexibility index (Phi) is 5.14. The molecule has 3 N–H and O–H groups in total. The van der Waals surface area contributed by atoms with Gasteiger partial charge in [0.05, 0.1) is 17.3 Å². The van der Waals surface area contributed by atoms with E-state index in [9.17, 15) is 4.79 Å². The Morgan fingerprint density at radius 2 is 2.11 bits per heavy atom. The molecule has 2 heterocycles. The number of aromatic amines is 1. The standard InChI is InChI=1S/C20H26N6OS/c1-11-4-6-14(7-5-11)26-19-17(10-22-26)20(27)24-18(23-19)16-9-8-15(16)12(2)28-13(3)25-21/h10,14-16H,1-2,4-9,21H2,3H3,(H,23,24,27)/b25-13-/t15-,16+/m1/s1. The van der Waals surface area contributed by atoms with Crippen molar-refractivity contribution in [2.75, 3.05) is 0 Å². The number of aromatic nitrogens is 4. The predicted molar refractivity (Wildman–Crippen MR) is 114 cm³/mol. The van der Waals surface area contributed by atoms with Crippen LogP contribution in [-0.4, -0.2) is 24.8 Å². The Hall–Kier alpha value is -2.35. The van der Waals surface area contributed by atoms with Crippen molar-refractivity contribution >= 4 is 27.8 Å². The van der Waals surface area contributed by atoms with Crippen LogP contribution in [0.1, 0.15) is 63.2 Å².